The second-order valence-corrected chi connectivity index (χ2v) is 12.5. The van der Waals surface area contributed by atoms with E-state index in [2.05, 4.69) is 126 Å². The molecule has 2 heterocycles. The molecule has 0 bridgehead atoms. The predicted molar refractivity (Wildman–Crippen MR) is 163 cm³/mol. The summed E-state index contributed by atoms with van der Waals surface area (Å²) in [4.78, 5) is 9.49. The zero-order chi connectivity index (χ0) is 26.7. The van der Waals surface area contributed by atoms with Crippen molar-refractivity contribution >= 4 is 32.3 Å². The topological polar surface area (TPSA) is 25.8 Å². The summed E-state index contributed by atoms with van der Waals surface area (Å²) in [7, 11) is 0. The van der Waals surface area contributed by atoms with Crippen molar-refractivity contribution in [3.8, 4) is 22.5 Å². The summed E-state index contributed by atoms with van der Waals surface area (Å²) >= 11 is 0. The van der Waals surface area contributed by atoms with E-state index in [-0.39, 0.29) is 10.8 Å². The Kier molecular flexibility index (Phi) is 5.61. The molecule has 188 valence electrons. The van der Waals surface area contributed by atoms with E-state index in [9.17, 15) is 0 Å². The maximum atomic E-state index is 4.75. The van der Waals surface area contributed by atoms with Crippen LogP contribution in [0.15, 0.2) is 97.3 Å². The number of benzene rings is 4. The molecule has 0 saturated carbocycles. The van der Waals surface area contributed by atoms with Crippen LogP contribution in [-0.2, 0) is 10.8 Å². The van der Waals surface area contributed by atoms with Gasteiger partial charge < -0.3 is 0 Å². The molecule has 0 aliphatic carbocycles. The molecule has 0 radical (unpaired) electrons. The van der Waals surface area contributed by atoms with Gasteiger partial charge in [0.05, 0.1) is 11.4 Å². The first-order valence-corrected chi connectivity index (χ1v) is 13.4. The van der Waals surface area contributed by atoms with E-state index in [0.29, 0.717) is 0 Å². The Morgan fingerprint density at radius 3 is 1.26 bits per heavy atom. The third-order valence-electron chi connectivity index (χ3n) is 7.66. The van der Waals surface area contributed by atoms with Crippen molar-refractivity contribution in [3.63, 3.8) is 0 Å². The van der Waals surface area contributed by atoms with Gasteiger partial charge in [-0.3, -0.25) is 9.97 Å². The van der Waals surface area contributed by atoms with Crippen molar-refractivity contribution in [2.24, 2.45) is 0 Å². The number of rotatable bonds is 2. The number of hydrogen-bond donors (Lipinski definition) is 0. The fraction of sp³-hybridized carbons (Fsp3) is 0.222. The van der Waals surface area contributed by atoms with E-state index in [0.717, 1.165) is 22.5 Å². The van der Waals surface area contributed by atoms with Gasteiger partial charge in [-0.25, -0.2) is 0 Å². The Hall–Kier alpha value is -4.04. The summed E-state index contributed by atoms with van der Waals surface area (Å²) < 4.78 is 0. The molecule has 0 atom stereocenters. The Morgan fingerprint density at radius 1 is 0.447 bits per heavy atom. The third kappa shape index (κ3) is 4.35. The molecule has 2 nitrogen and oxygen atoms in total. The molecule has 0 fully saturated rings. The molecule has 0 aliphatic heterocycles. The number of aromatic nitrogens is 2. The zero-order valence-corrected chi connectivity index (χ0v) is 23.1. The predicted octanol–water partition coefficient (Wildman–Crippen LogP) is 9.87. The summed E-state index contributed by atoms with van der Waals surface area (Å²) in [6.07, 6.45) is 3.87. The van der Waals surface area contributed by atoms with Crippen molar-refractivity contribution in [2.45, 2.75) is 52.4 Å². The quantitative estimate of drug-likeness (QED) is 0.224. The minimum atomic E-state index is 0.0756. The lowest BCUT2D eigenvalue weighted by Gasteiger charge is -2.19. The van der Waals surface area contributed by atoms with Gasteiger partial charge >= 0.3 is 0 Å². The van der Waals surface area contributed by atoms with Crippen LogP contribution in [-0.4, -0.2) is 9.97 Å². The smallest absolute Gasteiger partial charge is 0.0705 e. The van der Waals surface area contributed by atoms with Crippen LogP contribution in [0.25, 0.3) is 54.8 Å². The van der Waals surface area contributed by atoms with Gasteiger partial charge in [0.1, 0.15) is 0 Å². The van der Waals surface area contributed by atoms with Crippen molar-refractivity contribution in [1.82, 2.24) is 9.97 Å². The normalized spacial score (nSPS) is 12.5. The van der Waals surface area contributed by atoms with Crippen molar-refractivity contribution in [2.75, 3.05) is 0 Å². The van der Waals surface area contributed by atoms with E-state index in [1.165, 1.54) is 43.4 Å². The van der Waals surface area contributed by atoms with Crippen LogP contribution >= 0.6 is 0 Å². The lowest BCUT2D eigenvalue weighted by atomic mass is 9.86. The van der Waals surface area contributed by atoms with Gasteiger partial charge in [-0.2, -0.15) is 0 Å². The standard InChI is InChI=1S/C36H34N2/c1-35(2,3)28-15-17-37-32(21-28)26-13-9-23-7-11-25-12-8-24-10-14-27(20-31(24)34(25)30(23)19-26)33-22-29(16-18-38-33)36(4,5)6/h7-22H,1-6H3. The lowest BCUT2D eigenvalue weighted by molar-refractivity contribution is 0.589. The molecular weight excluding hydrogens is 460 g/mol. The molecule has 6 aromatic rings. The molecule has 0 saturated heterocycles. The fourth-order valence-electron chi connectivity index (χ4n) is 5.30. The molecule has 6 rings (SSSR count). The van der Waals surface area contributed by atoms with E-state index in [4.69, 9.17) is 9.97 Å². The van der Waals surface area contributed by atoms with Gasteiger partial charge in [0.25, 0.3) is 0 Å². The average molecular weight is 495 g/mol. The molecule has 2 aromatic heterocycles. The maximum absolute atomic E-state index is 4.75. The van der Waals surface area contributed by atoms with Gasteiger partial charge in [0.2, 0.25) is 0 Å². The summed E-state index contributed by atoms with van der Waals surface area (Å²) in [6, 6.07) is 31.1. The summed E-state index contributed by atoms with van der Waals surface area (Å²) in [5.74, 6) is 0. The second kappa shape index (κ2) is 8.77. The Labute approximate surface area is 225 Å². The van der Waals surface area contributed by atoms with Crippen LogP contribution in [0.4, 0.5) is 0 Å². The first-order chi connectivity index (χ1) is 18.1. The number of hydrogen-bond acceptors (Lipinski definition) is 2. The molecule has 4 aromatic carbocycles. The van der Waals surface area contributed by atoms with Crippen LogP contribution in [0.2, 0.25) is 0 Å². The fourth-order valence-corrected chi connectivity index (χ4v) is 5.30. The number of fused-ring (bicyclic) bond motifs is 5. The minimum Gasteiger partial charge on any atom is -0.256 e. The Balaban J connectivity index is 1.59. The number of pyridine rings is 2. The third-order valence-corrected chi connectivity index (χ3v) is 7.66. The van der Waals surface area contributed by atoms with Crippen LogP contribution in [0.5, 0.6) is 0 Å². The van der Waals surface area contributed by atoms with E-state index in [1.54, 1.807) is 0 Å². The molecule has 0 N–H and O–H groups in total. The van der Waals surface area contributed by atoms with Crippen LogP contribution < -0.4 is 0 Å². The van der Waals surface area contributed by atoms with Crippen molar-refractivity contribution in [3.05, 3.63) is 108 Å². The largest absolute Gasteiger partial charge is 0.256 e. The van der Waals surface area contributed by atoms with Crippen LogP contribution in [0.1, 0.15) is 52.7 Å². The van der Waals surface area contributed by atoms with Gasteiger partial charge in [-0.05, 0) is 90.7 Å². The molecule has 0 aliphatic rings. The van der Waals surface area contributed by atoms with E-state index >= 15 is 0 Å². The summed E-state index contributed by atoms with van der Waals surface area (Å²) in [5.41, 5.74) is 7.05. The highest BCUT2D eigenvalue weighted by Gasteiger charge is 2.17. The zero-order valence-electron chi connectivity index (χ0n) is 23.1. The molecule has 0 spiro atoms. The maximum Gasteiger partial charge on any atom is 0.0705 e. The molecule has 2 heteroatoms. The van der Waals surface area contributed by atoms with Crippen LogP contribution in [0.3, 0.4) is 0 Å². The molecule has 0 unspecified atom stereocenters. The second-order valence-electron chi connectivity index (χ2n) is 12.5. The van der Waals surface area contributed by atoms with Gasteiger partial charge in [0, 0.05) is 23.5 Å². The minimum absolute atomic E-state index is 0.0756. The van der Waals surface area contributed by atoms with Gasteiger partial charge in [-0.15, -0.1) is 0 Å². The highest BCUT2D eigenvalue weighted by molar-refractivity contribution is 6.21. The summed E-state index contributed by atoms with van der Waals surface area (Å²) in [6.45, 7) is 13.5. The SMILES string of the molecule is CC(C)(C)c1ccnc(-c2ccc3ccc4ccc5ccc(-c6cc(C(C)(C)C)ccn6)cc5c4c3c2)c1. The lowest BCUT2D eigenvalue weighted by Crippen LogP contribution is -2.11. The summed E-state index contributed by atoms with van der Waals surface area (Å²) in [5, 5.41) is 7.50. The Bertz CT molecular complexity index is 1700. The van der Waals surface area contributed by atoms with Crippen LogP contribution in [0, 0.1) is 0 Å². The number of nitrogens with zero attached hydrogens (tertiary/aromatic N) is 2. The monoisotopic (exact) mass is 494 g/mol. The van der Waals surface area contributed by atoms with Crippen molar-refractivity contribution < 1.29 is 0 Å². The molecule has 38 heavy (non-hydrogen) atoms. The van der Waals surface area contributed by atoms with Crippen molar-refractivity contribution in [1.29, 1.82) is 0 Å². The Morgan fingerprint density at radius 2 is 0.842 bits per heavy atom. The molecular formula is C36H34N2. The first-order valence-electron chi connectivity index (χ1n) is 13.4. The first kappa shape index (κ1) is 24.3. The van der Waals surface area contributed by atoms with E-state index in [1.807, 2.05) is 12.4 Å². The highest BCUT2D eigenvalue weighted by atomic mass is 14.7. The van der Waals surface area contributed by atoms with E-state index < -0.39 is 0 Å². The van der Waals surface area contributed by atoms with Gasteiger partial charge in [-0.1, -0.05) is 90.1 Å². The highest BCUT2D eigenvalue weighted by Crippen LogP contribution is 2.37. The average Bonchev–Trinajstić information content (AvgIpc) is 2.91. The molecule has 0 amide bonds. The van der Waals surface area contributed by atoms with Gasteiger partial charge in [0.15, 0.2) is 0 Å².